The first-order chi connectivity index (χ1) is 10.7. The number of primary amides is 1. The minimum absolute atomic E-state index is 0.340. The highest BCUT2D eigenvalue weighted by molar-refractivity contribution is 5.92. The monoisotopic (exact) mass is 296 g/mol. The summed E-state index contributed by atoms with van der Waals surface area (Å²) in [4.78, 5) is 17.7. The molecule has 1 aromatic carbocycles. The molecular formula is C17H20N4O. The number of amides is 1. The third kappa shape index (κ3) is 3.32. The van der Waals surface area contributed by atoms with Gasteiger partial charge in [-0.3, -0.25) is 14.7 Å². The molecule has 1 amide bonds. The summed E-state index contributed by atoms with van der Waals surface area (Å²) in [6, 6.07) is 12.0. The number of hydrogen-bond acceptors (Lipinski definition) is 4. The number of hydrogen-bond donors (Lipinski definition) is 2. The van der Waals surface area contributed by atoms with Crippen LogP contribution in [0.5, 0.6) is 0 Å². The van der Waals surface area contributed by atoms with Crippen LogP contribution < -0.4 is 11.1 Å². The second-order valence-corrected chi connectivity index (χ2v) is 5.53. The number of nitrogens with one attached hydrogen (secondary N) is 1. The molecular weight excluding hydrogens is 276 g/mol. The highest BCUT2D eigenvalue weighted by atomic mass is 16.1. The standard InChI is InChI=1S/C17H20N4O/c18-17(22)15-3-1-13(2-4-15)12-21-10-9-20-11-16(21)14-5-7-19-8-6-14/h1-8,16,20H,9-12H2,(H2,18,22). The number of pyridine rings is 1. The van der Waals surface area contributed by atoms with Gasteiger partial charge in [-0.15, -0.1) is 0 Å². The molecule has 5 heteroatoms. The first-order valence-corrected chi connectivity index (χ1v) is 7.47. The lowest BCUT2D eigenvalue weighted by atomic mass is 10.0. The highest BCUT2D eigenvalue weighted by Gasteiger charge is 2.23. The number of rotatable bonds is 4. The fraction of sp³-hybridized carbons (Fsp3) is 0.294. The van der Waals surface area contributed by atoms with Crippen LogP contribution in [0.25, 0.3) is 0 Å². The molecule has 1 saturated heterocycles. The summed E-state index contributed by atoms with van der Waals surface area (Å²) in [7, 11) is 0. The fourth-order valence-electron chi connectivity index (χ4n) is 2.86. The molecule has 0 bridgehead atoms. The summed E-state index contributed by atoms with van der Waals surface area (Å²) in [5.41, 5.74) is 8.29. The zero-order valence-electron chi connectivity index (χ0n) is 12.4. The van der Waals surface area contributed by atoms with E-state index >= 15 is 0 Å². The van der Waals surface area contributed by atoms with Crippen LogP contribution in [0.1, 0.15) is 27.5 Å². The SMILES string of the molecule is NC(=O)c1ccc(CN2CCNCC2c2ccncc2)cc1. The Morgan fingerprint density at radius 1 is 1.23 bits per heavy atom. The Morgan fingerprint density at radius 3 is 2.64 bits per heavy atom. The minimum atomic E-state index is -0.386. The quantitative estimate of drug-likeness (QED) is 0.893. The topological polar surface area (TPSA) is 71.2 Å². The van der Waals surface area contributed by atoms with Crippen molar-refractivity contribution in [2.75, 3.05) is 19.6 Å². The van der Waals surface area contributed by atoms with Crippen molar-refractivity contribution in [3.63, 3.8) is 0 Å². The zero-order valence-corrected chi connectivity index (χ0v) is 12.4. The van der Waals surface area contributed by atoms with E-state index in [9.17, 15) is 4.79 Å². The van der Waals surface area contributed by atoms with E-state index in [2.05, 4.69) is 27.3 Å². The maximum Gasteiger partial charge on any atom is 0.248 e. The number of nitrogens with two attached hydrogens (primary N) is 1. The summed E-state index contributed by atoms with van der Waals surface area (Å²) in [5, 5.41) is 3.45. The van der Waals surface area contributed by atoms with Gasteiger partial charge in [0.25, 0.3) is 0 Å². The van der Waals surface area contributed by atoms with Crippen molar-refractivity contribution in [2.45, 2.75) is 12.6 Å². The van der Waals surface area contributed by atoms with E-state index < -0.39 is 0 Å². The van der Waals surface area contributed by atoms with E-state index in [1.165, 1.54) is 11.1 Å². The van der Waals surface area contributed by atoms with Crippen LogP contribution in [0.4, 0.5) is 0 Å². The first-order valence-electron chi connectivity index (χ1n) is 7.47. The Balaban J connectivity index is 1.75. The van der Waals surface area contributed by atoms with Gasteiger partial charge in [-0.2, -0.15) is 0 Å². The Morgan fingerprint density at radius 2 is 1.95 bits per heavy atom. The van der Waals surface area contributed by atoms with Crippen LogP contribution in [-0.4, -0.2) is 35.4 Å². The van der Waals surface area contributed by atoms with Crippen molar-refractivity contribution in [3.05, 3.63) is 65.5 Å². The van der Waals surface area contributed by atoms with Gasteiger partial charge in [-0.25, -0.2) is 0 Å². The molecule has 0 aliphatic carbocycles. The average Bonchev–Trinajstić information content (AvgIpc) is 2.57. The van der Waals surface area contributed by atoms with Crippen LogP contribution >= 0.6 is 0 Å². The molecule has 1 aliphatic rings. The number of nitrogens with zero attached hydrogens (tertiary/aromatic N) is 2. The van der Waals surface area contributed by atoms with Crippen molar-refractivity contribution in [3.8, 4) is 0 Å². The van der Waals surface area contributed by atoms with E-state index in [1.807, 2.05) is 24.5 Å². The number of aromatic nitrogens is 1. The second kappa shape index (κ2) is 6.68. The number of benzene rings is 1. The van der Waals surface area contributed by atoms with Crippen LogP contribution in [-0.2, 0) is 6.54 Å². The van der Waals surface area contributed by atoms with Gasteiger partial charge in [-0.05, 0) is 35.4 Å². The first kappa shape index (κ1) is 14.7. The predicted molar refractivity (Wildman–Crippen MR) is 85.2 cm³/mol. The maximum atomic E-state index is 11.1. The summed E-state index contributed by atoms with van der Waals surface area (Å²) in [5.74, 6) is -0.386. The largest absolute Gasteiger partial charge is 0.366 e. The summed E-state index contributed by atoms with van der Waals surface area (Å²) >= 11 is 0. The summed E-state index contributed by atoms with van der Waals surface area (Å²) < 4.78 is 0. The molecule has 3 N–H and O–H groups in total. The molecule has 0 saturated carbocycles. The molecule has 1 fully saturated rings. The van der Waals surface area contributed by atoms with E-state index in [4.69, 9.17) is 5.73 Å². The summed E-state index contributed by atoms with van der Waals surface area (Å²) in [6.07, 6.45) is 3.67. The normalized spacial score (nSPS) is 19.0. The zero-order chi connectivity index (χ0) is 15.4. The maximum absolute atomic E-state index is 11.1. The number of piperazine rings is 1. The van der Waals surface area contributed by atoms with Crippen molar-refractivity contribution < 1.29 is 4.79 Å². The van der Waals surface area contributed by atoms with E-state index in [0.717, 1.165) is 26.2 Å². The van der Waals surface area contributed by atoms with Crippen molar-refractivity contribution in [1.82, 2.24) is 15.2 Å². The Labute approximate surface area is 130 Å². The molecule has 1 aliphatic heterocycles. The Bertz CT molecular complexity index is 627. The lowest BCUT2D eigenvalue weighted by molar-refractivity contribution is 0.1000. The third-order valence-corrected chi connectivity index (χ3v) is 4.07. The molecule has 5 nitrogen and oxygen atoms in total. The van der Waals surface area contributed by atoms with Gasteiger partial charge in [0.05, 0.1) is 0 Å². The predicted octanol–water partition coefficient (Wildman–Crippen LogP) is 1.33. The number of carbonyl (C=O) groups excluding carboxylic acids is 1. The number of carbonyl (C=O) groups is 1. The van der Waals surface area contributed by atoms with Gasteiger partial charge in [0, 0.05) is 50.2 Å². The molecule has 22 heavy (non-hydrogen) atoms. The lowest BCUT2D eigenvalue weighted by Gasteiger charge is -2.36. The van der Waals surface area contributed by atoms with Crippen molar-refractivity contribution >= 4 is 5.91 Å². The Kier molecular flexibility index (Phi) is 4.46. The highest BCUT2D eigenvalue weighted by Crippen LogP contribution is 2.23. The van der Waals surface area contributed by atoms with Crippen molar-refractivity contribution in [2.24, 2.45) is 5.73 Å². The molecule has 0 spiro atoms. The molecule has 0 radical (unpaired) electrons. The molecule has 1 atom stereocenters. The van der Waals surface area contributed by atoms with Gasteiger partial charge in [0.2, 0.25) is 5.91 Å². The molecule has 114 valence electrons. The smallest absolute Gasteiger partial charge is 0.248 e. The van der Waals surface area contributed by atoms with E-state index in [0.29, 0.717) is 11.6 Å². The van der Waals surface area contributed by atoms with E-state index in [-0.39, 0.29) is 5.91 Å². The Hall–Kier alpha value is -2.24. The van der Waals surface area contributed by atoms with E-state index in [1.54, 1.807) is 12.1 Å². The summed E-state index contributed by atoms with van der Waals surface area (Å²) in [6.45, 7) is 3.77. The lowest BCUT2D eigenvalue weighted by Crippen LogP contribution is -2.45. The van der Waals surface area contributed by atoms with Crippen molar-refractivity contribution in [1.29, 1.82) is 0 Å². The molecule has 3 rings (SSSR count). The van der Waals surface area contributed by atoms with Gasteiger partial charge in [0.15, 0.2) is 0 Å². The van der Waals surface area contributed by atoms with Gasteiger partial charge in [-0.1, -0.05) is 12.1 Å². The van der Waals surface area contributed by atoms with Crippen LogP contribution in [0.2, 0.25) is 0 Å². The van der Waals surface area contributed by atoms with Crippen LogP contribution in [0.15, 0.2) is 48.8 Å². The molecule has 1 unspecified atom stereocenters. The minimum Gasteiger partial charge on any atom is -0.366 e. The van der Waals surface area contributed by atoms with Crippen LogP contribution in [0, 0.1) is 0 Å². The molecule has 2 heterocycles. The third-order valence-electron chi connectivity index (χ3n) is 4.07. The van der Waals surface area contributed by atoms with Gasteiger partial charge >= 0.3 is 0 Å². The molecule has 2 aromatic rings. The average molecular weight is 296 g/mol. The second-order valence-electron chi connectivity index (χ2n) is 5.53. The van der Waals surface area contributed by atoms with Gasteiger partial charge in [0.1, 0.15) is 0 Å². The van der Waals surface area contributed by atoms with Crippen LogP contribution in [0.3, 0.4) is 0 Å². The fourth-order valence-corrected chi connectivity index (χ4v) is 2.86. The molecule has 1 aromatic heterocycles. The van der Waals surface area contributed by atoms with Gasteiger partial charge < -0.3 is 11.1 Å².